The van der Waals surface area contributed by atoms with Gasteiger partial charge in [-0.25, -0.2) is 10.5 Å². The van der Waals surface area contributed by atoms with Crippen molar-refractivity contribution in [2.75, 3.05) is 7.11 Å². The molecule has 1 aromatic heterocycles. The quantitative estimate of drug-likeness (QED) is 0.383. The van der Waals surface area contributed by atoms with Crippen LogP contribution in [-0.4, -0.2) is 28.2 Å². The Balaban J connectivity index is 1.74. The minimum atomic E-state index is -0.559. The molecule has 1 heterocycles. The van der Waals surface area contributed by atoms with E-state index in [0.717, 1.165) is 33.7 Å². The molecule has 0 saturated carbocycles. The largest absolute Gasteiger partial charge is 0.497 e. The van der Waals surface area contributed by atoms with Gasteiger partial charge in [0, 0.05) is 18.6 Å². The number of fused-ring (bicyclic) bond motifs is 1. The number of nitrogens with one attached hydrogen (secondary N) is 2. The van der Waals surface area contributed by atoms with Crippen molar-refractivity contribution < 1.29 is 14.7 Å². The standard InChI is InChI=1S/C18H17N3O3/c1-24-14-7-8-15-16(11-14)20-17(19-15)10-13-4-2-12(3-5-13)6-9-18(22)21-23/h2-9,11,23H,10H2,1H3,(H,19,20)(H,21,22)/b9-6+. The van der Waals surface area contributed by atoms with Gasteiger partial charge in [0.15, 0.2) is 0 Å². The summed E-state index contributed by atoms with van der Waals surface area (Å²) in [6.07, 6.45) is 3.57. The highest BCUT2D eigenvalue weighted by Gasteiger charge is 2.05. The number of hydrogen-bond acceptors (Lipinski definition) is 4. The first kappa shape index (κ1) is 15.8. The molecule has 3 aromatic rings. The summed E-state index contributed by atoms with van der Waals surface area (Å²) in [6.45, 7) is 0. The highest BCUT2D eigenvalue weighted by Crippen LogP contribution is 2.20. The number of H-pyrrole nitrogens is 1. The van der Waals surface area contributed by atoms with Crippen LogP contribution in [-0.2, 0) is 11.2 Å². The molecule has 122 valence electrons. The highest BCUT2D eigenvalue weighted by atomic mass is 16.5. The van der Waals surface area contributed by atoms with E-state index in [1.54, 1.807) is 18.7 Å². The van der Waals surface area contributed by atoms with E-state index in [2.05, 4.69) is 9.97 Å². The second kappa shape index (κ2) is 6.97. The summed E-state index contributed by atoms with van der Waals surface area (Å²) < 4.78 is 5.21. The molecule has 6 heteroatoms. The zero-order valence-corrected chi connectivity index (χ0v) is 13.1. The molecule has 24 heavy (non-hydrogen) atoms. The number of carbonyl (C=O) groups is 1. The Morgan fingerprint density at radius 3 is 2.79 bits per heavy atom. The number of hydroxylamine groups is 1. The fourth-order valence-electron chi connectivity index (χ4n) is 2.40. The van der Waals surface area contributed by atoms with Crippen LogP contribution in [0.5, 0.6) is 5.75 Å². The first-order valence-electron chi connectivity index (χ1n) is 7.41. The van der Waals surface area contributed by atoms with Gasteiger partial charge in [0.2, 0.25) is 0 Å². The molecule has 2 aromatic carbocycles. The molecule has 0 atom stereocenters. The fourth-order valence-corrected chi connectivity index (χ4v) is 2.40. The van der Waals surface area contributed by atoms with Gasteiger partial charge in [0.1, 0.15) is 11.6 Å². The topological polar surface area (TPSA) is 87.2 Å². The van der Waals surface area contributed by atoms with Crippen molar-refractivity contribution in [1.82, 2.24) is 15.4 Å². The maximum Gasteiger partial charge on any atom is 0.267 e. The van der Waals surface area contributed by atoms with Crippen LogP contribution in [0.25, 0.3) is 17.1 Å². The van der Waals surface area contributed by atoms with Crippen LogP contribution in [0, 0.1) is 0 Å². The number of nitrogens with zero attached hydrogens (tertiary/aromatic N) is 1. The summed E-state index contributed by atoms with van der Waals surface area (Å²) in [6, 6.07) is 13.5. The van der Waals surface area contributed by atoms with E-state index in [4.69, 9.17) is 9.94 Å². The smallest absolute Gasteiger partial charge is 0.267 e. The lowest BCUT2D eigenvalue weighted by atomic mass is 10.1. The van der Waals surface area contributed by atoms with E-state index >= 15 is 0 Å². The van der Waals surface area contributed by atoms with Crippen LogP contribution in [0.2, 0.25) is 0 Å². The second-order valence-electron chi connectivity index (χ2n) is 5.29. The monoisotopic (exact) mass is 323 g/mol. The first-order valence-corrected chi connectivity index (χ1v) is 7.41. The van der Waals surface area contributed by atoms with Crippen LogP contribution in [0.15, 0.2) is 48.5 Å². The second-order valence-corrected chi connectivity index (χ2v) is 5.29. The SMILES string of the molecule is COc1ccc2nc(Cc3ccc(/C=C/C(=O)NO)cc3)[nH]c2c1. The minimum absolute atomic E-state index is 0.559. The number of ether oxygens (including phenoxy) is 1. The van der Waals surface area contributed by atoms with E-state index in [1.165, 1.54) is 6.08 Å². The van der Waals surface area contributed by atoms with Crippen LogP contribution < -0.4 is 10.2 Å². The normalized spacial score (nSPS) is 11.1. The summed E-state index contributed by atoms with van der Waals surface area (Å²) in [7, 11) is 1.64. The zero-order valence-electron chi connectivity index (χ0n) is 13.1. The number of benzene rings is 2. The van der Waals surface area contributed by atoms with Gasteiger partial charge in [-0.3, -0.25) is 10.0 Å². The van der Waals surface area contributed by atoms with Crippen molar-refractivity contribution in [2.45, 2.75) is 6.42 Å². The van der Waals surface area contributed by atoms with E-state index in [1.807, 2.05) is 42.5 Å². The Hall–Kier alpha value is -3.12. The summed E-state index contributed by atoms with van der Waals surface area (Å²) in [5.74, 6) is 1.11. The number of amides is 1. The van der Waals surface area contributed by atoms with Crippen molar-refractivity contribution in [2.24, 2.45) is 0 Å². The summed E-state index contributed by atoms with van der Waals surface area (Å²) in [5, 5.41) is 8.44. The number of aromatic amines is 1. The third kappa shape index (κ3) is 3.61. The Labute approximate surface area is 138 Å². The van der Waals surface area contributed by atoms with E-state index < -0.39 is 5.91 Å². The third-order valence-corrected chi connectivity index (χ3v) is 3.63. The molecule has 3 N–H and O–H groups in total. The van der Waals surface area contributed by atoms with Gasteiger partial charge in [0.05, 0.1) is 18.1 Å². The average Bonchev–Trinajstić information content (AvgIpc) is 3.02. The van der Waals surface area contributed by atoms with Crippen molar-refractivity contribution in [3.63, 3.8) is 0 Å². The number of aromatic nitrogens is 2. The maximum atomic E-state index is 11.0. The van der Waals surface area contributed by atoms with Crippen LogP contribution in [0.4, 0.5) is 0 Å². The third-order valence-electron chi connectivity index (χ3n) is 3.63. The minimum Gasteiger partial charge on any atom is -0.497 e. The molecule has 0 radical (unpaired) electrons. The fraction of sp³-hybridized carbons (Fsp3) is 0.111. The first-order chi connectivity index (χ1) is 11.7. The van der Waals surface area contributed by atoms with Crippen LogP contribution in [0.3, 0.4) is 0 Å². The Morgan fingerprint density at radius 2 is 2.08 bits per heavy atom. The number of carbonyl (C=O) groups excluding carboxylic acids is 1. The molecular formula is C18H17N3O3. The van der Waals surface area contributed by atoms with Gasteiger partial charge in [-0.2, -0.15) is 0 Å². The van der Waals surface area contributed by atoms with Crippen molar-refractivity contribution in [3.8, 4) is 5.75 Å². The van der Waals surface area contributed by atoms with Gasteiger partial charge < -0.3 is 9.72 Å². The molecule has 0 aliphatic carbocycles. The van der Waals surface area contributed by atoms with Crippen molar-refractivity contribution in [1.29, 1.82) is 0 Å². The molecule has 0 unspecified atom stereocenters. The summed E-state index contributed by atoms with van der Waals surface area (Å²) in [5.41, 5.74) is 5.37. The summed E-state index contributed by atoms with van der Waals surface area (Å²) in [4.78, 5) is 18.8. The van der Waals surface area contributed by atoms with Crippen LogP contribution >= 0.6 is 0 Å². The zero-order chi connectivity index (χ0) is 16.9. The van der Waals surface area contributed by atoms with Crippen LogP contribution in [0.1, 0.15) is 17.0 Å². The lowest BCUT2D eigenvalue weighted by Gasteiger charge is -1.99. The molecule has 3 rings (SSSR count). The number of methoxy groups -OCH3 is 1. The predicted molar refractivity (Wildman–Crippen MR) is 90.9 cm³/mol. The molecule has 1 amide bonds. The maximum absolute atomic E-state index is 11.0. The van der Waals surface area contributed by atoms with Crippen molar-refractivity contribution in [3.05, 3.63) is 65.5 Å². The molecule has 0 bridgehead atoms. The van der Waals surface area contributed by atoms with Crippen molar-refractivity contribution >= 4 is 23.0 Å². The average molecular weight is 323 g/mol. The Bertz CT molecular complexity index is 882. The molecule has 0 aliphatic heterocycles. The van der Waals surface area contributed by atoms with Gasteiger partial charge in [-0.05, 0) is 29.3 Å². The van der Waals surface area contributed by atoms with E-state index in [0.29, 0.717) is 6.42 Å². The predicted octanol–water partition coefficient (Wildman–Crippen LogP) is 2.68. The van der Waals surface area contributed by atoms with E-state index in [9.17, 15) is 4.79 Å². The lowest BCUT2D eigenvalue weighted by molar-refractivity contribution is -0.124. The molecule has 0 aliphatic rings. The molecule has 0 fully saturated rings. The molecular weight excluding hydrogens is 306 g/mol. The van der Waals surface area contributed by atoms with Gasteiger partial charge in [-0.1, -0.05) is 24.3 Å². The van der Waals surface area contributed by atoms with Gasteiger partial charge >= 0.3 is 0 Å². The number of hydrogen-bond donors (Lipinski definition) is 3. The Kier molecular flexibility index (Phi) is 4.58. The molecule has 0 saturated heterocycles. The number of imidazole rings is 1. The van der Waals surface area contributed by atoms with E-state index in [-0.39, 0.29) is 0 Å². The molecule has 6 nitrogen and oxygen atoms in total. The Morgan fingerprint density at radius 1 is 1.29 bits per heavy atom. The van der Waals surface area contributed by atoms with Gasteiger partial charge in [0.25, 0.3) is 5.91 Å². The molecule has 0 spiro atoms. The lowest BCUT2D eigenvalue weighted by Crippen LogP contribution is -2.14. The highest BCUT2D eigenvalue weighted by molar-refractivity contribution is 5.90. The number of rotatable bonds is 5. The summed E-state index contributed by atoms with van der Waals surface area (Å²) >= 11 is 0. The van der Waals surface area contributed by atoms with Gasteiger partial charge in [-0.15, -0.1) is 0 Å².